The number of nitrogens with zero attached hydrogens (tertiary/aromatic N) is 2. The van der Waals surface area contributed by atoms with Crippen LogP contribution in [0.1, 0.15) is 0 Å². The molecule has 0 bridgehead atoms. The van der Waals surface area contributed by atoms with Gasteiger partial charge < -0.3 is 5.32 Å². The van der Waals surface area contributed by atoms with E-state index in [1.807, 2.05) is 0 Å². The first kappa shape index (κ1) is 14.7. The van der Waals surface area contributed by atoms with Crippen LogP contribution >= 0.6 is 0 Å². The number of halogens is 3. The van der Waals surface area contributed by atoms with Crippen molar-refractivity contribution in [1.29, 1.82) is 0 Å². The maximum absolute atomic E-state index is 12.2. The largest absolute Gasteiger partial charge is 0.402 e. The second-order valence-electron chi connectivity index (χ2n) is 3.50. The fourth-order valence-electron chi connectivity index (χ4n) is 1.30. The molecule has 0 spiro atoms. The Hall–Kier alpha value is -1.35. The maximum Gasteiger partial charge on any atom is 0.402 e. The van der Waals surface area contributed by atoms with Gasteiger partial charge in [-0.15, -0.1) is 0 Å². The highest BCUT2D eigenvalue weighted by molar-refractivity contribution is 7.89. The van der Waals surface area contributed by atoms with E-state index in [9.17, 15) is 21.6 Å². The molecule has 0 aliphatic carbocycles. The van der Waals surface area contributed by atoms with E-state index >= 15 is 0 Å². The zero-order chi connectivity index (χ0) is 14.0. The first-order chi connectivity index (χ1) is 8.18. The lowest BCUT2D eigenvalue weighted by Gasteiger charge is -2.20. The predicted octanol–water partition coefficient (Wildman–Crippen LogP) is 1.31. The van der Waals surface area contributed by atoms with E-state index in [0.717, 1.165) is 13.2 Å². The smallest absolute Gasteiger partial charge is 0.387 e. The molecule has 0 atom stereocenters. The summed E-state index contributed by atoms with van der Waals surface area (Å²) in [5.74, 6) is 0. The molecule has 1 heterocycles. The summed E-state index contributed by atoms with van der Waals surface area (Å²) in [6.45, 7) is -1.55. The van der Waals surface area contributed by atoms with E-state index in [0.29, 0.717) is 0 Å². The molecular formula is C9H12F3N3O2S. The molecule has 0 aliphatic heterocycles. The molecule has 0 fully saturated rings. The van der Waals surface area contributed by atoms with Crippen molar-refractivity contribution in [2.75, 3.05) is 26.0 Å². The van der Waals surface area contributed by atoms with Gasteiger partial charge in [0.1, 0.15) is 11.4 Å². The molecular weight excluding hydrogens is 271 g/mol. The van der Waals surface area contributed by atoms with Crippen molar-refractivity contribution in [2.45, 2.75) is 11.1 Å². The van der Waals surface area contributed by atoms with Crippen LogP contribution in [0.5, 0.6) is 0 Å². The quantitative estimate of drug-likeness (QED) is 0.905. The third-order valence-electron chi connectivity index (χ3n) is 2.14. The van der Waals surface area contributed by atoms with Gasteiger partial charge in [0.15, 0.2) is 0 Å². The lowest BCUT2D eigenvalue weighted by atomic mass is 10.4. The van der Waals surface area contributed by atoms with Crippen molar-refractivity contribution in [3.05, 3.63) is 18.5 Å². The summed E-state index contributed by atoms with van der Waals surface area (Å²) in [5.41, 5.74) is 0.194. The molecule has 0 aromatic carbocycles. The summed E-state index contributed by atoms with van der Waals surface area (Å²) in [7, 11) is -1.89. The fourth-order valence-corrected chi connectivity index (χ4v) is 2.59. The maximum atomic E-state index is 12.2. The van der Waals surface area contributed by atoms with Gasteiger partial charge in [0.2, 0.25) is 10.0 Å². The number of alkyl halides is 3. The van der Waals surface area contributed by atoms with Crippen LogP contribution in [0.4, 0.5) is 18.9 Å². The minimum absolute atomic E-state index is 0.194. The monoisotopic (exact) mass is 283 g/mol. The molecule has 0 saturated carbocycles. The zero-order valence-electron chi connectivity index (χ0n) is 9.69. The van der Waals surface area contributed by atoms with E-state index in [1.165, 1.54) is 19.3 Å². The molecule has 1 rings (SSSR count). The number of sulfonamides is 1. The SMILES string of the molecule is CNc1ccncc1S(=O)(=O)N(C)CC(F)(F)F. The van der Waals surface area contributed by atoms with Gasteiger partial charge in [-0.1, -0.05) is 0 Å². The number of hydrogen-bond acceptors (Lipinski definition) is 4. The number of rotatable bonds is 4. The van der Waals surface area contributed by atoms with Gasteiger partial charge in [-0.2, -0.15) is 17.5 Å². The average Bonchev–Trinajstić information content (AvgIpc) is 2.26. The highest BCUT2D eigenvalue weighted by atomic mass is 32.2. The fraction of sp³-hybridized carbons (Fsp3) is 0.444. The Labute approximate surface area is 103 Å². The zero-order valence-corrected chi connectivity index (χ0v) is 10.5. The van der Waals surface area contributed by atoms with Crippen molar-refractivity contribution in [2.24, 2.45) is 0 Å². The molecule has 102 valence electrons. The summed E-state index contributed by atoms with van der Waals surface area (Å²) < 4.78 is 60.7. The van der Waals surface area contributed by atoms with Crippen LogP contribution in [0.2, 0.25) is 0 Å². The van der Waals surface area contributed by atoms with E-state index < -0.39 is 22.7 Å². The van der Waals surface area contributed by atoms with Gasteiger partial charge in [-0.25, -0.2) is 8.42 Å². The lowest BCUT2D eigenvalue weighted by molar-refractivity contribution is -0.134. The summed E-state index contributed by atoms with van der Waals surface area (Å²) in [6.07, 6.45) is -2.24. The summed E-state index contributed by atoms with van der Waals surface area (Å²) in [5, 5.41) is 2.59. The average molecular weight is 283 g/mol. The molecule has 0 saturated heterocycles. The van der Waals surface area contributed by atoms with Gasteiger partial charge in [0.05, 0.1) is 5.69 Å². The molecule has 18 heavy (non-hydrogen) atoms. The van der Waals surface area contributed by atoms with Crippen LogP contribution in [0, 0.1) is 0 Å². The number of anilines is 1. The second-order valence-corrected chi connectivity index (χ2v) is 5.51. The Morgan fingerprint density at radius 1 is 1.44 bits per heavy atom. The standard InChI is InChI=1S/C9H12F3N3O2S/c1-13-7-3-4-14-5-8(7)18(16,17)15(2)6-9(10,11)12/h3-5H,6H2,1-2H3,(H,13,14). The summed E-state index contributed by atoms with van der Waals surface area (Å²) >= 11 is 0. The molecule has 0 radical (unpaired) electrons. The molecule has 1 aromatic rings. The second kappa shape index (κ2) is 5.11. The third-order valence-corrected chi connectivity index (χ3v) is 3.97. The van der Waals surface area contributed by atoms with Crippen LogP contribution < -0.4 is 5.32 Å². The molecule has 1 N–H and O–H groups in total. The van der Waals surface area contributed by atoms with Crippen LogP contribution in [0.3, 0.4) is 0 Å². The van der Waals surface area contributed by atoms with Gasteiger partial charge >= 0.3 is 6.18 Å². The highest BCUT2D eigenvalue weighted by Crippen LogP contribution is 2.25. The minimum atomic E-state index is -4.59. The topological polar surface area (TPSA) is 62.3 Å². The van der Waals surface area contributed by atoms with Crippen LogP contribution in [0.25, 0.3) is 0 Å². The Bertz CT molecular complexity index is 516. The van der Waals surface area contributed by atoms with Crippen molar-refractivity contribution < 1.29 is 21.6 Å². The van der Waals surface area contributed by atoms with E-state index in [4.69, 9.17) is 0 Å². The molecule has 0 unspecified atom stereocenters. The first-order valence-electron chi connectivity index (χ1n) is 4.83. The third kappa shape index (κ3) is 3.33. The number of hydrogen-bond donors (Lipinski definition) is 1. The van der Waals surface area contributed by atoms with Crippen molar-refractivity contribution in [3.8, 4) is 0 Å². The normalized spacial score (nSPS) is 12.8. The Kier molecular flexibility index (Phi) is 4.17. The Balaban J connectivity index is 3.14. The van der Waals surface area contributed by atoms with Crippen molar-refractivity contribution in [3.63, 3.8) is 0 Å². The van der Waals surface area contributed by atoms with E-state index in [1.54, 1.807) is 0 Å². The number of pyridine rings is 1. The van der Waals surface area contributed by atoms with Crippen LogP contribution in [0.15, 0.2) is 23.4 Å². The first-order valence-corrected chi connectivity index (χ1v) is 6.27. The minimum Gasteiger partial charge on any atom is -0.387 e. The molecule has 9 heteroatoms. The number of nitrogens with one attached hydrogen (secondary N) is 1. The highest BCUT2D eigenvalue weighted by Gasteiger charge is 2.35. The Morgan fingerprint density at radius 2 is 2.06 bits per heavy atom. The van der Waals surface area contributed by atoms with Crippen molar-refractivity contribution >= 4 is 15.7 Å². The van der Waals surface area contributed by atoms with Crippen LogP contribution in [-0.4, -0.2) is 44.5 Å². The molecule has 0 aliphatic rings. The predicted molar refractivity (Wildman–Crippen MR) is 59.7 cm³/mol. The lowest BCUT2D eigenvalue weighted by Crippen LogP contribution is -2.36. The summed E-state index contributed by atoms with van der Waals surface area (Å²) in [4.78, 5) is 3.32. The Morgan fingerprint density at radius 3 is 2.56 bits per heavy atom. The van der Waals surface area contributed by atoms with Crippen LogP contribution in [-0.2, 0) is 10.0 Å². The van der Waals surface area contributed by atoms with Gasteiger partial charge in [0, 0.05) is 26.5 Å². The summed E-state index contributed by atoms with van der Waals surface area (Å²) in [6, 6.07) is 1.37. The number of aromatic nitrogens is 1. The van der Waals surface area contributed by atoms with Gasteiger partial charge in [0.25, 0.3) is 0 Å². The van der Waals surface area contributed by atoms with E-state index in [2.05, 4.69) is 10.3 Å². The molecule has 0 amide bonds. The van der Waals surface area contributed by atoms with Crippen molar-refractivity contribution in [1.82, 2.24) is 9.29 Å². The van der Waals surface area contributed by atoms with Gasteiger partial charge in [-0.05, 0) is 6.07 Å². The molecule has 1 aromatic heterocycles. The molecule has 5 nitrogen and oxygen atoms in total. The van der Waals surface area contributed by atoms with E-state index in [-0.39, 0.29) is 14.9 Å². The van der Waals surface area contributed by atoms with Gasteiger partial charge in [-0.3, -0.25) is 4.98 Å².